The standard InChI is InChI=1S/C14H16BFN4.C2H6/c1-2-9-5-11(16)6-10-7-17-14(19-13(9)10)18-12-3-4-20(15)8-12;1-2/h5-7,12H,2-4,8H2,1H3,(H,17,18,19);1-2H3. The van der Waals surface area contributed by atoms with Crippen molar-refractivity contribution in [2.45, 2.75) is 39.7 Å². The lowest BCUT2D eigenvalue weighted by atomic mass is 10.1. The Labute approximate surface area is 132 Å². The molecular formula is C16H22BFN4. The predicted molar refractivity (Wildman–Crippen MR) is 89.6 cm³/mol. The molecule has 1 aliphatic heterocycles. The Morgan fingerprint density at radius 2 is 2.18 bits per heavy atom. The van der Waals surface area contributed by atoms with Gasteiger partial charge in [-0.05, 0) is 37.1 Å². The molecule has 6 heteroatoms. The minimum atomic E-state index is -0.242. The van der Waals surface area contributed by atoms with Crippen molar-refractivity contribution in [2.75, 3.05) is 18.4 Å². The normalized spacial score (nSPS) is 18.1. The molecule has 1 saturated heterocycles. The van der Waals surface area contributed by atoms with Gasteiger partial charge in [0.2, 0.25) is 5.95 Å². The van der Waals surface area contributed by atoms with Crippen molar-refractivity contribution in [1.82, 2.24) is 14.8 Å². The van der Waals surface area contributed by atoms with Gasteiger partial charge in [0.05, 0.1) is 5.52 Å². The molecule has 2 radical (unpaired) electrons. The van der Waals surface area contributed by atoms with Gasteiger partial charge in [-0.25, -0.2) is 14.4 Å². The molecule has 1 fully saturated rings. The molecule has 1 unspecified atom stereocenters. The number of aryl methyl sites for hydroxylation is 1. The number of hydrogen-bond donors (Lipinski definition) is 1. The van der Waals surface area contributed by atoms with E-state index in [2.05, 4.69) is 15.3 Å². The maximum absolute atomic E-state index is 13.5. The van der Waals surface area contributed by atoms with Crippen molar-refractivity contribution < 1.29 is 4.39 Å². The molecule has 0 bridgehead atoms. The van der Waals surface area contributed by atoms with Gasteiger partial charge in [-0.1, -0.05) is 20.8 Å². The Balaban J connectivity index is 0.000000847. The van der Waals surface area contributed by atoms with Gasteiger partial charge in [-0.2, -0.15) is 0 Å². The van der Waals surface area contributed by atoms with Crippen LogP contribution in [0.3, 0.4) is 0 Å². The smallest absolute Gasteiger partial charge is 0.223 e. The predicted octanol–water partition coefficient (Wildman–Crippen LogP) is 2.93. The molecule has 1 aromatic heterocycles. The van der Waals surface area contributed by atoms with Crippen molar-refractivity contribution in [1.29, 1.82) is 0 Å². The summed E-state index contributed by atoms with van der Waals surface area (Å²) < 4.78 is 13.5. The van der Waals surface area contributed by atoms with Crippen molar-refractivity contribution >= 4 is 24.8 Å². The fraction of sp³-hybridized carbons (Fsp3) is 0.500. The van der Waals surface area contributed by atoms with Crippen LogP contribution in [0.4, 0.5) is 10.3 Å². The molecule has 2 aromatic rings. The first-order valence-corrected chi connectivity index (χ1v) is 7.87. The van der Waals surface area contributed by atoms with Crippen LogP contribution >= 0.6 is 0 Å². The van der Waals surface area contributed by atoms with E-state index in [0.717, 1.165) is 42.4 Å². The number of aromatic nitrogens is 2. The average molecular weight is 300 g/mol. The van der Waals surface area contributed by atoms with Gasteiger partial charge >= 0.3 is 0 Å². The Morgan fingerprint density at radius 3 is 2.82 bits per heavy atom. The summed E-state index contributed by atoms with van der Waals surface area (Å²) in [5, 5.41) is 4.03. The number of anilines is 1. The number of hydrogen-bond acceptors (Lipinski definition) is 4. The van der Waals surface area contributed by atoms with Crippen molar-refractivity contribution in [3.8, 4) is 0 Å². The summed E-state index contributed by atoms with van der Waals surface area (Å²) in [5.41, 5.74) is 1.71. The van der Waals surface area contributed by atoms with Crippen molar-refractivity contribution in [3.63, 3.8) is 0 Å². The summed E-state index contributed by atoms with van der Waals surface area (Å²) in [4.78, 5) is 10.6. The van der Waals surface area contributed by atoms with Crippen molar-refractivity contribution in [3.05, 3.63) is 29.7 Å². The van der Waals surface area contributed by atoms with Crippen LogP contribution in [0, 0.1) is 5.82 Å². The Hall–Kier alpha value is -1.69. The summed E-state index contributed by atoms with van der Waals surface area (Å²) in [7, 11) is 5.74. The van der Waals surface area contributed by atoms with Gasteiger partial charge in [0.25, 0.3) is 0 Å². The molecule has 4 nitrogen and oxygen atoms in total. The number of rotatable bonds is 3. The number of fused-ring (bicyclic) bond motifs is 1. The van der Waals surface area contributed by atoms with Gasteiger partial charge in [0.15, 0.2) is 7.98 Å². The Bertz CT molecular complexity index is 635. The number of nitrogens with one attached hydrogen (secondary N) is 1. The van der Waals surface area contributed by atoms with E-state index in [9.17, 15) is 4.39 Å². The monoisotopic (exact) mass is 300 g/mol. The first kappa shape index (κ1) is 16.7. The molecule has 1 atom stereocenters. The minimum Gasteiger partial charge on any atom is -0.352 e. The average Bonchev–Trinajstić information content (AvgIpc) is 2.94. The van der Waals surface area contributed by atoms with Gasteiger partial charge in [0.1, 0.15) is 5.82 Å². The highest BCUT2D eigenvalue weighted by Gasteiger charge is 2.19. The summed E-state index contributed by atoms with van der Waals surface area (Å²) in [6.07, 6.45) is 3.38. The van der Waals surface area contributed by atoms with E-state index in [1.807, 2.05) is 20.8 Å². The highest BCUT2D eigenvalue weighted by molar-refractivity contribution is 6.04. The Kier molecular flexibility index (Phi) is 5.72. The van der Waals surface area contributed by atoms with Crippen LogP contribution in [0.5, 0.6) is 0 Å². The molecule has 1 N–H and O–H groups in total. The second-order valence-corrected chi connectivity index (χ2v) is 5.17. The highest BCUT2D eigenvalue weighted by atomic mass is 19.1. The van der Waals surface area contributed by atoms with E-state index in [-0.39, 0.29) is 11.9 Å². The van der Waals surface area contributed by atoms with E-state index in [4.69, 9.17) is 7.98 Å². The lowest BCUT2D eigenvalue weighted by molar-refractivity contribution is 0.558. The van der Waals surface area contributed by atoms with Crippen LogP contribution in [0.25, 0.3) is 10.9 Å². The second kappa shape index (κ2) is 7.54. The fourth-order valence-electron chi connectivity index (χ4n) is 2.61. The minimum absolute atomic E-state index is 0.242. The topological polar surface area (TPSA) is 41.0 Å². The largest absolute Gasteiger partial charge is 0.352 e. The third kappa shape index (κ3) is 3.74. The fourth-order valence-corrected chi connectivity index (χ4v) is 2.61. The van der Waals surface area contributed by atoms with Crippen LogP contribution in [0.2, 0.25) is 0 Å². The van der Waals surface area contributed by atoms with Crippen molar-refractivity contribution in [2.24, 2.45) is 0 Å². The van der Waals surface area contributed by atoms with Crippen LogP contribution in [-0.4, -0.2) is 41.9 Å². The molecule has 22 heavy (non-hydrogen) atoms. The molecule has 3 rings (SSSR count). The van der Waals surface area contributed by atoms with Gasteiger partial charge in [0, 0.05) is 24.2 Å². The highest BCUT2D eigenvalue weighted by Crippen LogP contribution is 2.21. The first-order chi connectivity index (χ1) is 10.7. The summed E-state index contributed by atoms with van der Waals surface area (Å²) >= 11 is 0. The molecule has 116 valence electrons. The van der Waals surface area contributed by atoms with E-state index < -0.39 is 0 Å². The third-order valence-electron chi connectivity index (χ3n) is 3.66. The van der Waals surface area contributed by atoms with E-state index >= 15 is 0 Å². The lowest BCUT2D eigenvalue weighted by Crippen LogP contribution is -2.25. The molecule has 1 aliphatic rings. The molecular weight excluding hydrogens is 278 g/mol. The van der Waals surface area contributed by atoms with Gasteiger partial charge in [-0.15, -0.1) is 0 Å². The quantitative estimate of drug-likeness (QED) is 0.885. The molecule has 0 spiro atoms. The summed E-state index contributed by atoms with van der Waals surface area (Å²) in [5.74, 6) is 0.340. The zero-order valence-corrected chi connectivity index (χ0v) is 13.4. The van der Waals surface area contributed by atoms with Crippen LogP contribution in [0.15, 0.2) is 18.3 Å². The molecule has 1 aromatic carbocycles. The second-order valence-electron chi connectivity index (χ2n) is 5.17. The molecule has 0 amide bonds. The zero-order valence-electron chi connectivity index (χ0n) is 13.4. The van der Waals surface area contributed by atoms with Crippen LogP contribution in [0.1, 0.15) is 32.8 Å². The van der Waals surface area contributed by atoms with Crippen LogP contribution < -0.4 is 5.32 Å². The zero-order chi connectivity index (χ0) is 16.1. The van der Waals surface area contributed by atoms with E-state index in [1.54, 1.807) is 11.0 Å². The number of benzene rings is 1. The van der Waals surface area contributed by atoms with Gasteiger partial charge in [-0.3, -0.25) is 0 Å². The summed E-state index contributed by atoms with van der Waals surface area (Å²) in [6.45, 7) is 7.65. The number of nitrogens with zero attached hydrogens (tertiary/aromatic N) is 3. The molecule has 0 saturated carbocycles. The first-order valence-electron chi connectivity index (χ1n) is 7.87. The lowest BCUT2D eigenvalue weighted by Gasteiger charge is -2.13. The van der Waals surface area contributed by atoms with Gasteiger partial charge < -0.3 is 10.1 Å². The molecule has 2 heterocycles. The van der Waals surface area contributed by atoms with E-state index in [1.165, 1.54) is 12.1 Å². The number of halogens is 1. The Morgan fingerprint density at radius 1 is 1.41 bits per heavy atom. The third-order valence-corrected chi connectivity index (χ3v) is 3.66. The van der Waals surface area contributed by atoms with Crippen LogP contribution in [-0.2, 0) is 6.42 Å². The maximum atomic E-state index is 13.5. The summed E-state index contributed by atoms with van der Waals surface area (Å²) in [6, 6.07) is 3.27. The SMILES string of the molecule is CC.[B]N1CCC(Nc2ncc3cc(F)cc(CC)c3n2)C1. The molecule has 0 aliphatic carbocycles. The van der Waals surface area contributed by atoms with E-state index in [0.29, 0.717) is 5.95 Å². The maximum Gasteiger partial charge on any atom is 0.223 e.